The maximum atomic E-state index is 12.7. The first kappa shape index (κ1) is 14.8. The smallest absolute Gasteiger partial charge is 0.239 e. The van der Waals surface area contributed by atoms with E-state index in [1.54, 1.807) is 0 Å². The standard InChI is InChI=1S/C16H30N2O/c1-14-8-7-12-18(13-9-14)16(19)15(2)17-10-5-3-4-6-11-17/h14-15H,3-13H2,1-2H3. The average Bonchev–Trinajstić information content (AvgIpc) is 2.79. The number of amides is 1. The molecule has 2 fully saturated rings. The fourth-order valence-electron chi connectivity index (χ4n) is 3.39. The molecule has 3 nitrogen and oxygen atoms in total. The van der Waals surface area contributed by atoms with Gasteiger partial charge in [0, 0.05) is 13.1 Å². The van der Waals surface area contributed by atoms with Crippen LogP contribution in [0.5, 0.6) is 0 Å². The predicted molar refractivity (Wildman–Crippen MR) is 79.1 cm³/mol. The molecule has 0 bridgehead atoms. The van der Waals surface area contributed by atoms with Gasteiger partial charge in [0.25, 0.3) is 0 Å². The highest BCUT2D eigenvalue weighted by Gasteiger charge is 2.27. The molecule has 2 aliphatic rings. The fraction of sp³-hybridized carbons (Fsp3) is 0.938. The number of likely N-dealkylation sites (tertiary alicyclic amines) is 2. The highest BCUT2D eigenvalue weighted by atomic mass is 16.2. The van der Waals surface area contributed by atoms with Gasteiger partial charge in [-0.3, -0.25) is 9.69 Å². The van der Waals surface area contributed by atoms with Crippen molar-refractivity contribution in [1.82, 2.24) is 9.80 Å². The van der Waals surface area contributed by atoms with Crippen molar-refractivity contribution in [2.75, 3.05) is 26.2 Å². The molecular formula is C16H30N2O. The second kappa shape index (κ2) is 7.28. The minimum Gasteiger partial charge on any atom is -0.341 e. The molecule has 2 rings (SSSR count). The molecule has 0 radical (unpaired) electrons. The summed E-state index contributed by atoms with van der Waals surface area (Å²) < 4.78 is 0. The van der Waals surface area contributed by atoms with E-state index in [0.29, 0.717) is 5.91 Å². The molecule has 0 N–H and O–H groups in total. The summed E-state index contributed by atoms with van der Waals surface area (Å²) in [7, 11) is 0. The van der Waals surface area contributed by atoms with Crippen LogP contribution in [0, 0.1) is 5.92 Å². The lowest BCUT2D eigenvalue weighted by Crippen LogP contribution is -2.47. The number of carbonyl (C=O) groups is 1. The van der Waals surface area contributed by atoms with Gasteiger partial charge in [-0.1, -0.05) is 19.8 Å². The van der Waals surface area contributed by atoms with E-state index in [-0.39, 0.29) is 6.04 Å². The van der Waals surface area contributed by atoms with E-state index in [9.17, 15) is 4.79 Å². The van der Waals surface area contributed by atoms with Gasteiger partial charge in [-0.2, -0.15) is 0 Å². The van der Waals surface area contributed by atoms with Gasteiger partial charge in [0.05, 0.1) is 6.04 Å². The number of carbonyl (C=O) groups excluding carboxylic acids is 1. The van der Waals surface area contributed by atoms with Crippen molar-refractivity contribution in [3.8, 4) is 0 Å². The van der Waals surface area contributed by atoms with Gasteiger partial charge in [-0.15, -0.1) is 0 Å². The second-order valence-corrected chi connectivity index (χ2v) is 6.49. The fourth-order valence-corrected chi connectivity index (χ4v) is 3.39. The highest BCUT2D eigenvalue weighted by molar-refractivity contribution is 5.81. The normalized spacial score (nSPS) is 28.5. The first-order valence-corrected chi connectivity index (χ1v) is 8.21. The Hall–Kier alpha value is -0.570. The molecule has 2 aliphatic heterocycles. The summed E-state index contributed by atoms with van der Waals surface area (Å²) >= 11 is 0. The Labute approximate surface area is 118 Å². The van der Waals surface area contributed by atoms with Crippen molar-refractivity contribution < 1.29 is 4.79 Å². The van der Waals surface area contributed by atoms with E-state index < -0.39 is 0 Å². The van der Waals surface area contributed by atoms with Crippen LogP contribution in [-0.4, -0.2) is 47.9 Å². The number of hydrogen-bond donors (Lipinski definition) is 0. The van der Waals surface area contributed by atoms with Crippen LogP contribution >= 0.6 is 0 Å². The molecule has 2 atom stereocenters. The van der Waals surface area contributed by atoms with Crippen molar-refractivity contribution in [2.24, 2.45) is 5.92 Å². The molecule has 0 aromatic rings. The molecule has 2 unspecified atom stereocenters. The second-order valence-electron chi connectivity index (χ2n) is 6.49. The first-order chi connectivity index (χ1) is 9.18. The molecule has 2 heterocycles. The van der Waals surface area contributed by atoms with Crippen molar-refractivity contribution in [1.29, 1.82) is 0 Å². The van der Waals surface area contributed by atoms with Crippen molar-refractivity contribution in [3.63, 3.8) is 0 Å². The van der Waals surface area contributed by atoms with E-state index >= 15 is 0 Å². The largest absolute Gasteiger partial charge is 0.341 e. The minimum atomic E-state index is 0.0894. The van der Waals surface area contributed by atoms with Gasteiger partial charge in [-0.05, 0) is 58.0 Å². The maximum Gasteiger partial charge on any atom is 0.239 e. The Morgan fingerprint density at radius 2 is 1.63 bits per heavy atom. The Morgan fingerprint density at radius 1 is 0.947 bits per heavy atom. The SMILES string of the molecule is CC1CCCN(C(=O)C(C)N2CCCCCC2)CC1. The van der Waals surface area contributed by atoms with Crippen LogP contribution in [0.15, 0.2) is 0 Å². The maximum absolute atomic E-state index is 12.7. The van der Waals surface area contributed by atoms with Crippen molar-refractivity contribution in [3.05, 3.63) is 0 Å². The summed E-state index contributed by atoms with van der Waals surface area (Å²) in [5.41, 5.74) is 0. The van der Waals surface area contributed by atoms with Gasteiger partial charge in [0.15, 0.2) is 0 Å². The quantitative estimate of drug-likeness (QED) is 0.767. The van der Waals surface area contributed by atoms with Gasteiger partial charge in [-0.25, -0.2) is 0 Å². The molecule has 1 amide bonds. The Kier molecular flexibility index (Phi) is 5.68. The molecule has 19 heavy (non-hydrogen) atoms. The van der Waals surface area contributed by atoms with Crippen LogP contribution in [0.2, 0.25) is 0 Å². The molecule has 3 heteroatoms. The summed E-state index contributed by atoms with van der Waals surface area (Å²) in [5, 5.41) is 0. The lowest BCUT2D eigenvalue weighted by Gasteiger charge is -2.31. The van der Waals surface area contributed by atoms with Gasteiger partial charge in [0.2, 0.25) is 5.91 Å². The zero-order chi connectivity index (χ0) is 13.7. The van der Waals surface area contributed by atoms with Crippen molar-refractivity contribution in [2.45, 2.75) is 64.8 Å². The van der Waals surface area contributed by atoms with Crippen LogP contribution in [-0.2, 0) is 4.79 Å². The van der Waals surface area contributed by atoms with Crippen molar-refractivity contribution >= 4 is 5.91 Å². The van der Waals surface area contributed by atoms with Crippen LogP contribution < -0.4 is 0 Å². The molecule has 0 aromatic carbocycles. The van der Waals surface area contributed by atoms with Gasteiger partial charge < -0.3 is 4.90 Å². The summed E-state index contributed by atoms with van der Waals surface area (Å²) in [4.78, 5) is 17.2. The van der Waals surface area contributed by atoms with E-state index in [0.717, 1.165) is 32.1 Å². The summed E-state index contributed by atoms with van der Waals surface area (Å²) in [5.74, 6) is 1.15. The van der Waals surface area contributed by atoms with Crippen LogP contribution in [0.1, 0.15) is 58.8 Å². The zero-order valence-electron chi connectivity index (χ0n) is 12.7. The number of rotatable bonds is 2. The van der Waals surface area contributed by atoms with Gasteiger partial charge in [0.1, 0.15) is 0 Å². The molecule has 0 aliphatic carbocycles. The molecule has 0 saturated carbocycles. The van der Waals surface area contributed by atoms with Crippen LogP contribution in [0.3, 0.4) is 0 Å². The molecule has 2 saturated heterocycles. The number of nitrogens with zero attached hydrogens (tertiary/aromatic N) is 2. The Morgan fingerprint density at radius 3 is 2.32 bits per heavy atom. The average molecular weight is 266 g/mol. The summed E-state index contributed by atoms with van der Waals surface area (Å²) in [6, 6.07) is 0.0894. The lowest BCUT2D eigenvalue weighted by molar-refractivity contribution is -0.136. The van der Waals surface area contributed by atoms with Crippen LogP contribution in [0.25, 0.3) is 0 Å². The van der Waals surface area contributed by atoms with Gasteiger partial charge >= 0.3 is 0 Å². The highest BCUT2D eigenvalue weighted by Crippen LogP contribution is 2.19. The predicted octanol–water partition coefficient (Wildman–Crippen LogP) is 2.90. The lowest BCUT2D eigenvalue weighted by atomic mass is 10.0. The number of hydrogen-bond acceptors (Lipinski definition) is 2. The minimum absolute atomic E-state index is 0.0894. The topological polar surface area (TPSA) is 23.6 Å². The summed E-state index contributed by atoms with van der Waals surface area (Å²) in [6.45, 7) is 8.59. The van der Waals surface area contributed by atoms with Crippen LogP contribution in [0.4, 0.5) is 0 Å². The molecule has 0 spiro atoms. The summed E-state index contributed by atoms with van der Waals surface area (Å²) in [6.07, 6.45) is 8.82. The molecular weight excluding hydrogens is 236 g/mol. The zero-order valence-corrected chi connectivity index (χ0v) is 12.7. The molecule has 110 valence electrons. The van der Waals surface area contributed by atoms with E-state index in [1.165, 1.54) is 44.9 Å². The Balaban J connectivity index is 1.89. The van der Waals surface area contributed by atoms with E-state index in [2.05, 4.69) is 23.6 Å². The third-order valence-electron chi connectivity index (χ3n) is 4.87. The molecule has 0 aromatic heterocycles. The Bertz CT molecular complexity index is 284. The third-order valence-corrected chi connectivity index (χ3v) is 4.87. The van der Waals surface area contributed by atoms with E-state index in [4.69, 9.17) is 0 Å². The third kappa shape index (κ3) is 4.20. The van der Waals surface area contributed by atoms with E-state index in [1.807, 2.05) is 0 Å². The monoisotopic (exact) mass is 266 g/mol. The first-order valence-electron chi connectivity index (χ1n) is 8.21.